The summed E-state index contributed by atoms with van der Waals surface area (Å²) in [6, 6.07) is 0. The van der Waals surface area contributed by atoms with E-state index in [9.17, 15) is 19.2 Å². The van der Waals surface area contributed by atoms with Crippen LogP contribution >= 0.6 is 0 Å². The predicted octanol–water partition coefficient (Wildman–Crippen LogP) is 5.04. The number of rotatable bonds is 4. The monoisotopic (exact) mass is 524 g/mol. The average molecular weight is 525 g/mol. The second kappa shape index (κ2) is 9.49. The summed E-state index contributed by atoms with van der Waals surface area (Å²) in [5, 5.41) is 0. The van der Waals surface area contributed by atoms with E-state index in [1.807, 2.05) is 0 Å². The van der Waals surface area contributed by atoms with E-state index in [2.05, 4.69) is 19.9 Å². The van der Waals surface area contributed by atoms with Crippen molar-refractivity contribution in [3.63, 3.8) is 0 Å². The van der Waals surface area contributed by atoms with Crippen molar-refractivity contribution >= 4 is 23.7 Å². The van der Waals surface area contributed by atoms with Gasteiger partial charge in [-0.3, -0.25) is 9.59 Å². The molecule has 0 N–H and O–H groups in total. The number of ketones is 1. The van der Waals surface area contributed by atoms with Gasteiger partial charge in [0.1, 0.15) is 6.10 Å². The molecule has 206 valence electrons. The van der Waals surface area contributed by atoms with Crippen LogP contribution < -0.4 is 0 Å². The molecule has 0 aromatic heterocycles. The minimum Gasteiger partial charge on any atom is -0.466 e. The molecule has 0 unspecified atom stereocenters. The maximum absolute atomic E-state index is 13.1. The minimum atomic E-state index is -0.566. The van der Waals surface area contributed by atoms with Gasteiger partial charge in [-0.15, -0.1) is 0 Å². The van der Waals surface area contributed by atoms with Crippen LogP contribution in [-0.2, 0) is 33.4 Å². The number of methoxy groups -OCH3 is 2. The summed E-state index contributed by atoms with van der Waals surface area (Å²) < 4.78 is 15.8. The molecular weight excluding hydrogens is 484 g/mol. The number of fused-ring (bicyclic) bond motifs is 7. The highest BCUT2D eigenvalue weighted by molar-refractivity contribution is 6.06. The third-order valence-electron chi connectivity index (χ3n) is 10.8. The van der Waals surface area contributed by atoms with Crippen LogP contribution in [0.4, 0.5) is 0 Å². The van der Waals surface area contributed by atoms with Crippen LogP contribution in [0, 0.1) is 34.5 Å². The Labute approximate surface area is 225 Å². The van der Waals surface area contributed by atoms with Crippen LogP contribution in [0.15, 0.2) is 33.9 Å². The maximum Gasteiger partial charge on any atom is 0.334 e. The van der Waals surface area contributed by atoms with Crippen molar-refractivity contribution in [2.45, 2.75) is 85.2 Å². The first-order valence-corrected chi connectivity index (χ1v) is 14.0. The van der Waals surface area contributed by atoms with Gasteiger partial charge in [0, 0.05) is 25.7 Å². The van der Waals surface area contributed by atoms with E-state index >= 15 is 0 Å². The van der Waals surface area contributed by atoms with E-state index in [-0.39, 0.29) is 52.5 Å². The Bertz CT molecular complexity index is 1190. The molecule has 0 spiro atoms. The van der Waals surface area contributed by atoms with Gasteiger partial charge in [-0.25, -0.2) is 9.59 Å². The van der Waals surface area contributed by atoms with Crippen LogP contribution in [0.3, 0.4) is 0 Å². The second-order valence-corrected chi connectivity index (χ2v) is 12.5. The Morgan fingerprint density at radius 3 is 2.21 bits per heavy atom. The largest absolute Gasteiger partial charge is 0.466 e. The Balaban J connectivity index is 1.55. The molecule has 0 aromatic carbocycles. The fourth-order valence-electron chi connectivity index (χ4n) is 9.21. The molecule has 7 atom stereocenters. The molecule has 0 bridgehead atoms. The highest BCUT2D eigenvalue weighted by Crippen LogP contribution is 2.69. The minimum absolute atomic E-state index is 0.0408. The number of hydrogen-bond acceptors (Lipinski definition) is 7. The summed E-state index contributed by atoms with van der Waals surface area (Å²) in [5.74, 6) is -0.445. The van der Waals surface area contributed by atoms with Crippen molar-refractivity contribution in [1.82, 2.24) is 0 Å². The smallest absolute Gasteiger partial charge is 0.334 e. The summed E-state index contributed by atoms with van der Waals surface area (Å²) >= 11 is 0. The molecule has 7 heteroatoms. The molecule has 7 nitrogen and oxygen atoms in total. The summed E-state index contributed by atoms with van der Waals surface area (Å²) in [6.07, 6.45) is 8.80. The first-order valence-electron chi connectivity index (χ1n) is 14.0. The third kappa shape index (κ3) is 3.91. The zero-order chi connectivity index (χ0) is 27.6. The third-order valence-corrected chi connectivity index (χ3v) is 10.8. The van der Waals surface area contributed by atoms with E-state index in [0.29, 0.717) is 23.0 Å². The Morgan fingerprint density at radius 1 is 0.895 bits per heavy atom. The summed E-state index contributed by atoms with van der Waals surface area (Å²) in [4.78, 5) is 50.5. The number of hydrogen-bond donors (Lipinski definition) is 0. The Kier molecular flexibility index (Phi) is 6.72. The highest BCUT2D eigenvalue weighted by Gasteiger charge is 2.62. The van der Waals surface area contributed by atoms with Crippen molar-refractivity contribution in [3.05, 3.63) is 33.9 Å². The molecule has 0 heterocycles. The van der Waals surface area contributed by atoms with Crippen molar-refractivity contribution < 1.29 is 33.4 Å². The quantitative estimate of drug-likeness (QED) is 0.289. The van der Waals surface area contributed by atoms with Gasteiger partial charge in [-0.1, -0.05) is 25.5 Å². The summed E-state index contributed by atoms with van der Waals surface area (Å²) in [7, 11) is 2.65. The number of ether oxygens (including phenoxy) is 3. The molecule has 3 saturated carbocycles. The van der Waals surface area contributed by atoms with Crippen molar-refractivity contribution in [1.29, 1.82) is 0 Å². The molecule has 0 aromatic rings. The molecule has 0 amide bonds. The highest BCUT2D eigenvalue weighted by atomic mass is 16.5. The van der Waals surface area contributed by atoms with E-state index in [1.165, 1.54) is 26.7 Å². The molecule has 3 fully saturated rings. The van der Waals surface area contributed by atoms with Gasteiger partial charge in [-0.2, -0.15) is 0 Å². The maximum atomic E-state index is 13.1. The lowest BCUT2D eigenvalue weighted by Crippen LogP contribution is -2.50. The predicted molar refractivity (Wildman–Crippen MR) is 140 cm³/mol. The molecule has 0 radical (unpaired) electrons. The summed E-state index contributed by atoms with van der Waals surface area (Å²) in [6.45, 7) is 7.72. The lowest BCUT2D eigenvalue weighted by molar-refractivity contribution is -0.148. The topological polar surface area (TPSA) is 96.0 Å². The molecule has 5 aliphatic carbocycles. The van der Waals surface area contributed by atoms with Crippen LogP contribution in [0.1, 0.15) is 79.1 Å². The fourth-order valence-corrected chi connectivity index (χ4v) is 9.21. The first kappa shape index (κ1) is 26.9. The molecule has 0 saturated heterocycles. The molecule has 5 rings (SSSR count). The Hall–Kier alpha value is -2.70. The average Bonchev–Trinajstić information content (AvgIpc) is 3.19. The zero-order valence-electron chi connectivity index (χ0n) is 23.5. The number of carbonyl (C=O) groups is 4. The molecule has 5 aliphatic rings. The van der Waals surface area contributed by atoms with Crippen molar-refractivity contribution in [2.75, 3.05) is 14.2 Å². The number of Topliss-reactive ketones (excluding diaryl/α,β-unsaturated/α-hetero) is 1. The molecule has 0 aliphatic heterocycles. The van der Waals surface area contributed by atoms with Gasteiger partial charge < -0.3 is 14.2 Å². The van der Waals surface area contributed by atoms with E-state index < -0.39 is 11.9 Å². The Morgan fingerprint density at radius 2 is 1.58 bits per heavy atom. The van der Waals surface area contributed by atoms with Gasteiger partial charge in [0.25, 0.3) is 0 Å². The van der Waals surface area contributed by atoms with E-state index in [1.54, 1.807) is 6.92 Å². The van der Waals surface area contributed by atoms with Gasteiger partial charge in [0.15, 0.2) is 5.78 Å². The summed E-state index contributed by atoms with van der Waals surface area (Å²) in [5.41, 5.74) is 3.63. The SMILES string of the molecule is COC(=O)C1=C(C(=O)OC)[C@H]2C[C@H]3[C@@H]4CC=C5C[C@H](OC(C)=O)CC[C@]5(C)[C@H]4CC[C@]3(C)C2=C(C(C)=O)C1. The van der Waals surface area contributed by atoms with Gasteiger partial charge in [0.2, 0.25) is 0 Å². The zero-order valence-corrected chi connectivity index (χ0v) is 23.5. The second-order valence-electron chi connectivity index (χ2n) is 12.5. The van der Waals surface area contributed by atoms with E-state index in [4.69, 9.17) is 14.2 Å². The van der Waals surface area contributed by atoms with Gasteiger partial charge in [0.05, 0.1) is 25.4 Å². The number of allylic oxidation sites excluding steroid dienone is 3. The fraction of sp³-hybridized carbons (Fsp3) is 0.677. The standard InChI is InChI=1S/C31H40O7/c1-16(32)21-14-23(28(34)36-5)26(29(35)37-6)22-15-25-20-8-7-18-13-19(38-17(2)33)9-11-30(18,3)24(20)10-12-31(25,4)27(21)22/h7,19-20,22,24-25H,8-15H2,1-6H3/t19-,20-,22-,24+,25+,30+,31+/m1/s1. The van der Waals surface area contributed by atoms with Crippen LogP contribution in [0.5, 0.6) is 0 Å². The van der Waals surface area contributed by atoms with Crippen LogP contribution in [0.2, 0.25) is 0 Å². The van der Waals surface area contributed by atoms with Crippen molar-refractivity contribution in [3.8, 4) is 0 Å². The lowest BCUT2D eigenvalue weighted by atomic mass is 9.47. The first-order chi connectivity index (χ1) is 18.0. The molecular formula is C31H40O7. The van der Waals surface area contributed by atoms with E-state index in [0.717, 1.165) is 50.5 Å². The van der Waals surface area contributed by atoms with Crippen LogP contribution in [0.25, 0.3) is 0 Å². The van der Waals surface area contributed by atoms with Gasteiger partial charge in [-0.05, 0) is 85.2 Å². The number of carbonyl (C=O) groups excluding carboxylic acids is 4. The van der Waals surface area contributed by atoms with Gasteiger partial charge >= 0.3 is 17.9 Å². The van der Waals surface area contributed by atoms with Crippen molar-refractivity contribution in [2.24, 2.45) is 34.5 Å². The number of esters is 3. The normalized spacial score (nSPS) is 37.7. The van der Waals surface area contributed by atoms with Crippen LogP contribution in [-0.4, -0.2) is 44.0 Å². The molecule has 38 heavy (non-hydrogen) atoms. The lowest BCUT2D eigenvalue weighted by Gasteiger charge is -2.57.